The lowest BCUT2D eigenvalue weighted by molar-refractivity contribution is 0.0522. The molecule has 0 N–H and O–H groups in total. The zero-order chi connectivity index (χ0) is 13.7. The molecule has 0 aliphatic rings. The van der Waals surface area contributed by atoms with Gasteiger partial charge in [-0.05, 0) is 29.5 Å². The van der Waals surface area contributed by atoms with Crippen molar-refractivity contribution in [2.24, 2.45) is 0 Å². The summed E-state index contributed by atoms with van der Waals surface area (Å²) < 4.78 is 21.3. The van der Waals surface area contributed by atoms with E-state index in [2.05, 4.69) is 0 Å². The number of carbonyl (C=O) groups is 1. The first kappa shape index (κ1) is 14.9. The molecule has 18 heavy (non-hydrogen) atoms. The molecule has 0 atom stereocenters. The summed E-state index contributed by atoms with van der Waals surface area (Å²) in [4.78, 5) is 11.8. The number of hydrogen-bond donors (Lipinski definition) is 0. The van der Waals surface area contributed by atoms with E-state index in [0.717, 1.165) is 0 Å². The van der Waals surface area contributed by atoms with Gasteiger partial charge in [-0.1, -0.05) is 0 Å². The van der Waals surface area contributed by atoms with Gasteiger partial charge in [0.2, 0.25) is 0 Å². The third-order valence-electron chi connectivity index (χ3n) is 2.27. The van der Waals surface area contributed by atoms with Crippen LogP contribution in [-0.2, 0) is 4.74 Å². The van der Waals surface area contributed by atoms with Crippen LogP contribution in [0.2, 0.25) is 0 Å². The standard InChI is InChI=1S/C12H15IO5/c1-5-18-12(14)7-6-8(15-2)11(17-4)9(13)10(7)16-3/h6H,5H2,1-4H3. The van der Waals surface area contributed by atoms with Gasteiger partial charge in [0.25, 0.3) is 0 Å². The molecule has 100 valence electrons. The van der Waals surface area contributed by atoms with Crippen molar-refractivity contribution >= 4 is 28.6 Å². The summed E-state index contributed by atoms with van der Waals surface area (Å²) in [5.74, 6) is 0.966. The molecule has 1 aromatic rings. The second-order valence-electron chi connectivity index (χ2n) is 3.23. The van der Waals surface area contributed by atoms with Gasteiger partial charge in [-0.15, -0.1) is 0 Å². The minimum absolute atomic E-state index is 0.299. The van der Waals surface area contributed by atoms with Gasteiger partial charge in [0, 0.05) is 6.07 Å². The molecule has 1 rings (SSSR count). The van der Waals surface area contributed by atoms with Crippen molar-refractivity contribution in [3.05, 3.63) is 15.2 Å². The van der Waals surface area contributed by atoms with E-state index in [1.54, 1.807) is 13.0 Å². The van der Waals surface area contributed by atoms with E-state index < -0.39 is 5.97 Å². The van der Waals surface area contributed by atoms with Crippen LogP contribution in [0.5, 0.6) is 17.2 Å². The molecule has 1 aromatic carbocycles. The number of halogens is 1. The van der Waals surface area contributed by atoms with Gasteiger partial charge in [-0.2, -0.15) is 0 Å². The van der Waals surface area contributed by atoms with E-state index in [1.807, 2.05) is 22.6 Å². The van der Waals surface area contributed by atoms with Crippen LogP contribution in [0.1, 0.15) is 17.3 Å². The number of hydrogen-bond acceptors (Lipinski definition) is 5. The Labute approximate surface area is 119 Å². The average Bonchev–Trinajstić information content (AvgIpc) is 2.37. The smallest absolute Gasteiger partial charge is 0.342 e. The van der Waals surface area contributed by atoms with E-state index >= 15 is 0 Å². The van der Waals surface area contributed by atoms with Crippen LogP contribution in [-0.4, -0.2) is 33.9 Å². The fourth-order valence-electron chi connectivity index (χ4n) is 1.49. The predicted octanol–water partition coefficient (Wildman–Crippen LogP) is 2.49. The van der Waals surface area contributed by atoms with E-state index in [4.69, 9.17) is 18.9 Å². The highest BCUT2D eigenvalue weighted by atomic mass is 127. The SMILES string of the molecule is CCOC(=O)c1cc(OC)c(OC)c(I)c1OC. The van der Waals surface area contributed by atoms with Crippen LogP contribution in [0.4, 0.5) is 0 Å². The van der Waals surface area contributed by atoms with Crippen LogP contribution >= 0.6 is 22.6 Å². The normalized spacial score (nSPS) is 9.83. The van der Waals surface area contributed by atoms with Crippen LogP contribution in [0.15, 0.2) is 6.07 Å². The number of carbonyl (C=O) groups excluding carboxylic acids is 1. The van der Waals surface area contributed by atoms with Gasteiger partial charge in [0.1, 0.15) is 9.13 Å². The Bertz CT molecular complexity index is 445. The molecule has 0 saturated heterocycles. The van der Waals surface area contributed by atoms with Gasteiger partial charge in [0.15, 0.2) is 17.2 Å². The summed E-state index contributed by atoms with van der Waals surface area (Å²) in [5.41, 5.74) is 0.321. The van der Waals surface area contributed by atoms with Gasteiger partial charge < -0.3 is 18.9 Å². The maximum atomic E-state index is 11.8. The molecule has 6 heteroatoms. The Morgan fingerprint density at radius 2 is 1.78 bits per heavy atom. The zero-order valence-electron chi connectivity index (χ0n) is 10.7. The number of methoxy groups -OCH3 is 3. The molecule has 0 radical (unpaired) electrons. The van der Waals surface area contributed by atoms with Crippen molar-refractivity contribution in [2.45, 2.75) is 6.92 Å². The van der Waals surface area contributed by atoms with Gasteiger partial charge in [0.05, 0.1) is 27.9 Å². The first-order valence-electron chi connectivity index (χ1n) is 5.26. The van der Waals surface area contributed by atoms with E-state index in [9.17, 15) is 4.79 Å². The first-order valence-corrected chi connectivity index (χ1v) is 6.34. The van der Waals surface area contributed by atoms with Crippen molar-refractivity contribution in [3.63, 3.8) is 0 Å². The molecule has 0 aliphatic carbocycles. The molecule has 0 fully saturated rings. The van der Waals surface area contributed by atoms with Gasteiger partial charge in [-0.3, -0.25) is 0 Å². The number of esters is 1. The van der Waals surface area contributed by atoms with E-state index in [0.29, 0.717) is 33.0 Å². The fraction of sp³-hybridized carbons (Fsp3) is 0.417. The third-order valence-corrected chi connectivity index (χ3v) is 3.25. The lowest BCUT2D eigenvalue weighted by Gasteiger charge is -2.15. The maximum Gasteiger partial charge on any atom is 0.342 e. The van der Waals surface area contributed by atoms with Gasteiger partial charge in [-0.25, -0.2) is 4.79 Å². The molecule has 0 saturated carbocycles. The summed E-state index contributed by atoms with van der Waals surface area (Å²) in [7, 11) is 4.53. The second-order valence-corrected chi connectivity index (χ2v) is 4.31. The fourth-order valence-corrected chi connectivity index (χ4v) is 2.49. The Hall–Kier alpha value is -1.18. The molecule has 0 spiro atoms. The Morgan fingerprint density at radius 1 is 1.17 bits per heavy atom. The van der Waals surface area contributed by atoms with Crippen molar-refractivity contribution in [3.8, 4) is 17.2 Å². The minimum Gasteiger partial charge on any atom is -0.495 e. The molecule has 0 bridgehead atoms. The zero-order valence-corrected chi connectivity index (χ0v) is 12.9. The molecule has 5 nitrogen and oxygen atoms in total. The lowest BCUT2D eigenvalue weighted by Crippen LogP contribution is -2.09. The third kappa shape index (κ3) is 2.80. The maximum absolute atomic E-state index is 11.8. The molecule has 0 aliphatic heterocycles. The summed E-state index contributed by atoms with van der Waals surface area (Å²) in [6.45, 7) is 2.04. The Morgan fingerprint density at radius 3 is 2.22 bits per heavy atom. The van der Waals surface area contributed by atoms with Crippen LogP contribution in [0, 0.1) is 3.57 Å². The highest BCUT2D eigenvalue weighted by molar-refractivity contribution is 14.1. The summed E-state index contributed by atoms with van der Waals surface area (Å²) in [6.07, 6.45) is 0. The average molecular weight is 366 g/mol. The summed E-state index contributed by atoms with van der Waals surface area (Å²) in [5, 5.41) is 0. The molecule has 0 unspecified atom stereocenters. The van der Waals surface area contributed by atoms with Crippen molar-refractivity contribution in [1.82, 2.24) is 0 Å². The molecular formula is C12H15IO5. The monoisotopic (exact) mass is 366 g/mol. The number of rotatable bonds is 5. The quantitative estimate of drug-likeness (QED) is 0.592. The van der Waals surface area contributed by atoms with Crippen LogP contribution in [0.25, 0.3) is 0 Å². The highest BCUT2D eigenvalue weighted by Crippen LogP contribution is 2.41. The van der Waals surface area contributed by atoms with Crippen molar-refractivity contribution in [1.29, 1.82) is 0 Å². The number of benzene rings is 1. The van der Waals surface area contributed by atoms with E-state index in [-0.39, 0.29) is 0 Å². The van der Waals surface area contributed by atoms with Gasteiger partial charge >= 0.3 is 5.97 Å². The van der Waals surface area contributed by atoms with Crippen molar-refractivity contribution < 1.29 is 23.7 Å². The Balaban J connectivity index is 3.42. The second kappa shape index (κ2) is 6.67. The first-order chi connectivity index (χ1) is 8.60. The molecule has 0 heterocycles. The largest absolute Gasteiger partial charge is 0.495 e. The summed E-state index contributed by atoms with van der Waals surface area (Å²) >= 11 is 2.04. The molecule has 0 aromatic heterocycles. The van der Waals surface area contributed by atoms with Crippen molar-refractivity contribution in [2.75, 3.05) is 27.9 Å². The Kier molecular flexibility index (Phi) is 5.52. The molecular weight excluding hydrogens is 351 g/mol. The predicted molar refractivity (Wildman–Crippen MR) is 74.8 cm³/mol. The topological polar surface area (TPSA) is 54.0 Å². The lowest BCUT2D eigenvalue weighted by atomic mass is 10.1. The van der Waals surface area contributed by atoms with Crippen LogP contribution < -0.4 is 14.2 Å². The highest BCUT2D eigenvalue weighted by Gasteiger charge is 2.23. The minimum atomic E-state index is -0.451. The molecule has 0 amide bonds. The van der Waals surface area contributed by atoms with Crippen LogP contribution in [0.3, 0.4) is 0 Å². The van der Waals surface area contributed by atoms with E-state index in [1.165, 1.54) is 21.3 Å². The number of ether oxygens (including phenoxy) is 4. The summed E-state index contributed by atoms with van der Waals surface area (Å²) in [6, 6.07) is 1.55.